The summed E-state index contributed by atoms with van der Waals surface area (Å²) in [4.78, 5) is 5.67. The molecule has 0 aliphatic carbocycles. The number of hydrogen-bond acceptors (Lipinski definition) is 3. The first-order valence-electron chi connectivity index (χ1n) is 8.18. The molecule has 2 aromatic rings. The van der Waals surface area contributed by atoms with Gasteiger partial charge in [0.2, 0.25) is 0 Å². The maximum absolute atomic E-state index is 11.3. The molecule has 0 bridgehead atoms. The van der Waals surface area contributed by atoms with E-state index in [0.29, 0.717) is 5.92 Å². The monoisotopic (exact) mass is 301 g/mol. The predicted octanol–water partition coefficient (Wildman–Crippen LogP) is 2.44. The van der Waals surface area contributed by atoms with E-state index in [1.54, 1.807) is 0 Å². The summed E-state index contributed by atoms with van der Waals surface area (Å²) >= 11 is 0. The Morgan fingerprint density at radius 1 is 1.23 bits per heavy atom. The van der Waals surface area contributed by atoms with E-state index in [1.807, 2.05) is 13.0 Å². The highest BCUT2D eigenvalue weighted by Crippen LogP contribution is 2.39. The molecule has 0 saturated carbocycles. The fourth-order valence-corrected chi connectivity index (χ4v) is 3.70. The first kappa shape index (κ1) is 15.5. The molecule has 1 fully saturated rings. The summed E-state index contributed by atoms with van der Waals surface area (Å²) in [5, 5.41) is 15.9. The van der Waals surface area contributed by atoms with Gasteiger partial charge in [-0.15, -0.1) is 0 Å². The summed E-state index contributed by atoms with van der Waals surface area (Å²) in [6.45, 7) is 4.79. The minimum absolute atomic E-state index is 0.294. The van der Waals surface area contributed by atoms with Crippen LogP contribution >= 0.6 is 0 Å². The van der Waals surface area contributed by atoms with Gasteiger partial charge in [0.25, 0.3) is 0 Å². The van der Waals surface area contributed by atoms with Crippen LogP contribution in [0.4, 0.5) is 0 Å². The molecule has 1 atom stereocenters. The molecule has 1 unspecified atom stereocenters. The van der Waals surface area contributed by atoms with Gasteiger partial charge in [0.05, 0.1) is 5.69 Å². The van der Waals surface area contributed by atoms with Crippen molar-refractivity contribution in [1.82, 2.24) is 15.2 Å². The fourth-order valence-electron chi connectivity index (χ4n) is 3.70. The molecule has 4 nitrogen and oxygen atoms in total. The molecule has 4 heteroatoms. The number of benzene rings is 1. The quantitative estimate of drug-likeness (QED) is 0.813. The van der Waals surface area contributed by atoms with Crippen molar-refractivity contribution in [3.05, 3.63) is 35.5 Å². The Morgan fingerprint density at radius 3 is 2.59 bits per heavy atom. The summed E-state index contributed by atoms with van der Waals surface area (Å²) in [5.41, 5.74) is 2.52. The lowest BCUT2D eigenvalue weighted by atomic mass is 9.79. The van der Waals surface area contributed by atoms with Crippen LogP contribution in [0.5, 0.6) is 0 Å². The van der Waals surface area contributed by atoms with Gasteiger partial charge in [0.1, 0.15) is 5.60 Å². The van der Waals surface area contributed by atoms with E-state index >= 15 is 0 Å². The summed E-state index contributed by atoms with van der Waals surface area (Å²) in [6, 6.07) is 8.35. The number of nitrogens with zero attached hydrogens (tertiary/aromatic N) is 1. The Labute approximate surface area is 132 Å². The largest absolute Gasteiger partial charge is 0.384 e. The fraction of sp³-hybridized carbons (Fsp3) is 0.556. The number of rotatable bonds is 4. The average molecular weight is 301 g/mol. The minimum Gasteiger partial charge on any atom is -0.384 e. The zero-order valence-corrected chi connectivity index (χ0v) is 13.8. The number of para-hydroxylation sites is 1. The molecule has 1 saturated heterocycles. The third-order valence-electron chi connectivity index (χ3n) is 4.93. The van der Waals surface area contributed by atoms with E-state index in [9.17, 15) is 5.11 Å². The second-order valence-electron chi connectivity index (χ2n) is 6.93. The summed E-state index contributed by atoms with van der Waals surface area (Å²) in [5.74, 6) is 0.294. The third-order valence-corrected chi connectivity index (χ3v) is 4.93. The first-order chi connectivity index (χ1) is 10.5. The van der Waals surface area contributed by atoms with Crippen molar-refractivity contribution in [3.8, 4) is 0 Å². The van der Waals surface area contributed by atoms with Gasteiger partial charge in [-0.25, -0.2) is 0 Å². The SMILES string of the molecule is CN(C)Cc1c(C(C)(O)C2CCNCC2)[nH]c2ccccc12. The molecule has 1 aliphatic rings. The molecule has 0 radical (unpaired) electrons. The molecule has 120 valence electrons. The molecule has 3 rings (SSSR count). The van der Waals surface area contributed by atoms with Crippen LogP contribution in [0.15, 0.2) is 24.3 Å². The normalized spacial score (nSPS) is 19.7. The van der Waals surface area contributed by atoms with Crippen molar-refractivity contribution in [1.29, 1.82) is 0 Å². The zero-order chi connectivity index (χ0) is 15.7. The van der Waals surface area contributed by atoms with Gasteiger partial charge in [0.15, 0.2) is 0 Å². The van der Waals surface area contributed by atoms with Crippen LogP contribution in [0.2, 0.25) is 0 Å². The van der Waals surface area contributed by atoms with Crippen molar-refractivity contribution >= 4 is 10.9 Å². The molecule has 1 aromatic heterocycles. The van der Waals surface area contributed by atoms with Crippen LogP contribution in [0.1, 0.15) is 31.0 Å². The highest BCUT2D eigenvalue weighted by Gasteiger charge is 2.37. The van der Waals surface area contributed by atoms with Gasteiger partial charge < -0.3 is 20.3 Å². The molecule has 2 heterocycles. The van der Waals surface area contributed by atoms with Crippen LogP contribution in [-0.2, 0) is 12.1 Å². The van der Waals surface area contributed by atoms with Crippen LogP contribution < -0.4 is 5.32 Å². The van der Waals surface area contributed by atoms with E-state index in [-0.39, 0.29) is 0 Å². The second kappa shape index (κ2) is 6.03. The van der Waals surface area contributed by atoms with E-state index in [1.165, 1.54) is 10.9 Å². The summed E-state index contributed by atoms with van der Waals surface area (Å²) in [6.07, 6.45) is 2.04. The lowest BCUT2D eigenvalue weighted by Crippen LogP contribution is -2.40. The standard InChI is InChI=1S/C18H27N3O/c1-18(22,13-8-10-19-11-9-13)17-15(12-21(2)3)14-6-4-5-7-16(14)20-17/h4-7,13,19-20,22H,8-12H2,1-3H3. The number of nitrogens with one attached hydrogen (secondary N) is 2. The first-order valence-corrected chi connectivity index (χ1v) is 8.18. The van der Waals surface area contributed by atoms with Crippen molar-refractivity contribution < 1.29 is 5.11 Å². The van der Waals surface area contributed by atoms with E-state index in [4.69, 9.17) is 0 Å². The molecule has 1 aromatic carbocycles. The number of piperidine rings is 1. The summed E-state index contributed by atoms with van der Waals surface area (Å²) in [7, 11) is 4.15. The Morgan fingerprint density at radius 2 is 1.91 bits per heavy atom. The molecular formula is C18H27N3O. The third kappa shape index (κ3) is 2.78. The van der Waals surface area contributed by atoms with Gasteiger partial charge in [-0.3, -0.25) is 0 Å². The number of fused-ring (bicyclic) bond motifs is 1. The zero-order valence-electron chi connectivity index (χ0n) is 13.8. The highest BCUT2D eigenvalue weighted by atomic mass is 16.3. The number of aromatic amines is 1. The Hall–Kier alpha value is -1.36. The molecule has 0 spiro atoms. The van der Waals surface area contributed by atoms with E-state index in [0.717, 1.165) is 43.7 Å². The van der Waals surface area contributed by atoms with Crippen molar-refractivity contribution in [2.24, 2.45) is 5.92 Å². The second-order valence-corrected chi connectivity index (χ2v) is 6.93. The van der Waals surface area contributed by atoms with Crippen molar-refractivity contribution in [2.45, 2.75) is 31.9 Å². The maximum atomic E-state index is 11.3. The molecule has 1 aliphatic heterocycles. The van der Waals surface area contributed by atoms with Gasteiger partial charge in [-0.2, -0.15) is 0 Å². The van der Waals surface area contributed by atoms with Crippen LogP contribution in [0.25, 0.3) is 10.9 Å². The number of H-pyrrole nitrogens is 1. The van der Waals surface area contributed by atoms with Gasteiger partial charge in [-0.1, -0.05) is 18.2 Å². The van der Waals surface area contributed by atoms with Gasteiger partial charge in [-0.05, 0) is 64.5 Å². The number of aromatic nitrogens is 1. The number of hydrogen-bond donors (Lipinski definition) is 3. The molecule has 3 N–H and O–H groups in total. The lowest BCUT2D eigenvalue weighted by Gasteiger charge is -2.36. The smallest absolute Gasteiger partial charge is 0.105 e. The lowest BCUT2D eigenvalue weighted by molar-refractivity contribution is -0.0228. The molecular weight excluding hydrogens is 274 g/mol. The van der Waals surface area contributed by atoms with Gasteiger partial charge >= 0.3 is 0 Å². The average Bonchev–Trinajstić information content (AvgIpc) is 2.87. The predicted molar refractivity (Wildman–Crippen MR) is 90.9 cm³/mol. The van der Waals surface area contributed by atoms with Gasteiger partial charge in [0, 0.05) is 17.4 Å². The minimum atomic E-state index is -0.813. The van der Waals surface area contributed by atoms with E-state index < -0.39 is 5.60 Å². The van der Waals surface area contributed by atoms with Crippen LogP contribution in [0.3, 0.4) is 0 Å². The van der Waals surface area contributed by atoms with Crippen LogP contribution in [0, 0.1) is 5.92 Å². The van der Waals surface area contributed by atoms with Crippen LogP contribution in [-0.4, -0.2) is 42.2 Å². The van der Waals surface area contributed by atoms with E-state index in [2.05, 4.69) is 47.5 Å². The topological polar surface area (TPSA) is 51.3 Å². The summed E-state index contributed by atoms with van der Waals surface area (Å²) < 4.78 is 0. The van der Waals surface area contributed by atoms with Crippen molar-refractivity contribution in [3.63, 3.8) is 0 Å². The molecule has 0 amide bonds. The Kier molecular flexibility index (Phi) is 4.26. The Bertz CT molecular complexity index is 639. The maximum Gasteiger partial charge on any atom is 0.105 e. The molecule has 22 heavy (non-hydrogen) atoms. The Balaban J connectivity index is 2.07. The van der Waals surface area contributed by atoms with Crippen molar-refractivity contribution in [2.75, 3.05) is 27.2 Å². The highest BCUT2D eigenvalue weighted by molar-refractivity contribution is 5.85. The number of aliphatic hydroxyl groups is 1.